The molecule has 7 nitrogen and oxygen atoms in total. The highest BCUT2D eigenvalue weighted by atomic mass is 32.2. The van der Waals surface area contributed by atoms with E-state index in [2.05, 4.69) is 9.82 Å². The van der Waals surface area contributed by atoms with Crippen molar-refractivity contribution in [2.75, 3.05) is 6.54 Å². The molecule has 0 saturated carbocycles. The van der Waals surface area contributed by atoms with Crippen molar-refractivity contribution in [2.24, 2.45) is 7.05 Å². The van der Waals surface area contributed by atoms with Crippen LogP contribution in [-0.4, -0.2) is 24.7 Å². The molecule has 3 heterocycles. The minimum absolute atomic E-state index is 0.118. The van der Waals surface area contributed by atoms with Crippen molar-refractivity contribution in [2.45, 2.75) is 10.8 Å². The molecule has 0 bridgehead atoms. The zero-order valence-corrected chi connectivity index (χ0v) is 12.7. The minimum Gasteiger partial charge on any atom is -0.469 e. The first kappa shape index (κ1) is 14.6. The number of nitrogens with zero attached hydrogens (tertiary/aromatic N) is 2. The average molecular weight is 321 g/mol. The molecule has 0 aromatic carbocycles. The number of furan rings is 2. The van der Waals surface area contributed by atoms with Crippen molar-refractivity contribution < 1.29 is 17.3 Å². The highest BCUT2D eigenvalue weighted by Gasteiger charge is 2.24. The Morgan fingerprint density at radius 2 is 1.86 bits per heavy atom. The number of hydrogen-bond acceptors (Lipinski definition) is 5. The molecule has 0 fully saturated rings. The number of aromatic nitrogens is 2. The molecule has 3 aromatic rings. The predicted octanol–water partition coefficient (Wildman–Crippen LogP) is 1.72. The summed E-state index contributed by atoms with van der Waals surface area (Å²) in [4.78, 5) is 0.118. The first-order chi connectivity index (χ1) is 10.6. The fourth-order valence-electron chi connectivity index (χ4n) is 2.13. The van der Waals surface area contributed by atoms with Crippen molar-refractivity contribution in [3.05, 3.63) is 60.7 Å². The second kappa shape index (κ2) is 5.82. The van der Waals surface area contributed by atoms with Gasteiger partial charge in [-0.1, -0.05) is 0 Å². The van der Waals surface area contributed by atoms with Gasteiger partial charge < -0.3 is 8.83 Å². The summed E-state index contributed by atoms with van der Waals surface area (Å²) in [5.41, 5.74) is 0. The molecule has 8 heteroatoms. The molecule has 1 N–H and O–H groups in total. The molecule has 0 unspecified atom stereocenters. The van der Waals surface area contributed by atoms with Crippen LogP contribution >= 0.6 is 0 Å². The summed E-state index contributed by atoms with van der Waals surface area (Å²) in [6.45, 7) is 0.123. The molecule has 22 heavy (non-hydrogen) atoms. The largest absolute Gasteiger partial charge is 0.469 e. The van der Waals surface area contributed by atoms with Crippen LogP contribution in [0, 0.1) is 0 Å². The summed E-state index contributed by atoms with van der Waals surface area (Å²) in [5.74, 6) is 0.920. The van der Waals surface area contributed by atoms with Crippen LogP contribution in [0.15, 0.2) is 62.9 Å². The lowest BCUT2D eigenvalue weighted by atomic mass is 10.0. The molecular formula is C14H15N3O4S. The number of rotatable bonds is 6. The Morgan fingerprint density at radius 3 is 2.32 bits per heavy atom. The van der Waals surface area contributed by atoms with Crippen LogP contribution in [-0.2, 0) is 17.1 Å². The van der Waals surface area contributed by atoms with Gasteiger partial charge in [-0.3, -0.25) is 4.68 Å². The second-order valence-corrected chi connectivity index (χ2v) is 6.55. The molecule has 0 atom stereocenters. The third-order valence-corrected chi connectivity index (χ3v) is 4.62. The molecular weight excluding hydrogens is 306 g/mol. The van der Waals surface area contributed by atoms with Crippen LogP contribution in [0.3, 0.4) is 0 Å². The summed E-state index contributed by atoms with van der Waals surface area (Å²) in [6, 6.07) is 7.07. The molecule has 3 aromatic heterocycles. The van der Waals surface area contributed by atoms with Gasteiger partial charge in [-0.25, -0.2) is 13.1 Å². The fraction of sp³-hybridized carbons (Fsp3) is 0.214. The van der Waals surface area contributed by atoms with E-state index in [0.29, 0.717) is 11.5 Å². The Kier molecular flexibility index (Phi) is 3.86. The quantitative estimate of drug-likeness (QED) is 0.746. The van der Waals surface area contributed by atoms with Crippen molar-refractivity contribution in [1.29, 1.82) is 0 Å². The summed E-state index contributed by atoms with van der Waals surface area (Å²) in [6.07, 6.45) is 5.83. The number of aryl methyl sites for hydroxylation is 1. The molecule has 0 aliphatic rings. The molecule has 3 rings (SSSR count). The third kappa shape index (κ3) is 2.97. The zero-order valence-electron chi connectivity index (χ0n) is 11.8. The van der Waals surface area contributed by atoms with Crippen LogP contribution in [0.2, 0.25) is 0 Å². The van der Waals surface area contributed by atoms with E-state index in [1.807, 2.05) is 0 Å². The van der Waals surface area contributed by atoms with E-state index < -0.39 is 10.0 Å². The van der Waals surface area contributed by atoms with E-state index in [4.69, 9.17) is 8.83 Å². The van der Waals surface area contributed by atoms with Gasteiger partial charge in [0.2, 0.25) is 10.0 Å². The maximum Gasteiger partial charge on any atom is 0.243 e. The van der Waals surface area contributed by atoms with E-state index >= 15 is 0 Å². The van der Waals surface area contributed by atoms with Crippen molar-refractivity contribution >= 4 is 10.0 Å². The van der Waals surface area contributed by atoms with Gasteiger partial charge in [0.25, 0.3) is 0 Å². The van der Waals surface area contributed by atoms with E-state index in [-0.39, 0.29) is 17.4 Å². The molecule has 0 radical (unpaired) electrons. The van der Waals surface area contributed by atoms with Gasteiger partial charge in [-0.05, 0) is 24.3 Å². The van der Waals surface area contributed by atoms with Crippen molar-refractivity contribution in [3.63, 3.8) is 0 Å². The van der Waals surface area contributed by atoms with Crippen LogP contribution in [0.5, 0.6) is 0 Å². The van der Waals surface area contributed by atoms with Gasteiger partial charge in [0.15, 0.2) is 0 Å². The molecule has 0 saturated heterocycles. The second-order valence-electron chi connectivity index (χ2n) is 4.79. The Morgan fingerprint density at radius 1 is 1.23 bits per heavy atom. The van der Waals surface area contributed by atoms with Gasteiger partial charge >= 0.3 is 0 Å². The highest BCUT2D eigenvalue weighted by Crippen LogP contribution is 2.25. The van der Waals surface area contributed by atoms with Crippen LogP contribution in [0.25, 0.3) is 0 Å². The monoisotopic (exact) mass is 321 g/mol. The highest BCUT2D eigenvalue weighted by molar-refractivity contribution is 7.89. The Bertz CT molecular complexity index is 785. The first-order valence-corrected chi connectivity index (χ1v) is 8.10. The van der Waals surface area contributed by atoms with Gasteiger partial charge in [0.05, 0.1) is 24.6 Å². The maximum absolute atomic E-state index is 12.3. The molecule has 0 aliphatic heterocycles. The average Bonchev–Trinajstić information content (AvgIpc) is 3.20. The van der Waals surface area contributed by atoms with Crippen LogP contribution in [0.4, 0.5) is 0 Å². The van der Waals surface area contributed by atoms with E-state index in [1.165, 1.54) is 17.1 Å². The molecule has 116 valence electrons. The van der Waals surface area contributed by atoms with Crippen LogP contribution < -0.4 is 4.72 Å². The van der Waals surface area contributed by atoms with Gasteiger partial charge in [-0.2, -0.15) is 5.10 Å². The summed E-state index contributed by atoms with van der Waals surface area (Å²) in [5, 5.41) is 3.87. The fourth-order valence-corrected chi connectivity index (χ4v) is 3.16. The topological polar surface area (TPSA) is 90.3 Å². The molecule has 0 aliphatic carbocycles. The standard InChI is InChI=1S/C14H15N3O4S/c1-17-10-11(8-15-17)22(18,19)16-9-12(13-4-2-6-20-13)14-5-3-7-21-14/h2-8,10,12,16H,9H2,1H3. The summed E-state index contributed by atoms with van der Waals surface area (Å²) < 4.78 is 39.3. The van der Waals surface area contributed by atoms with Crippen molar-refractivity contribution in [3.8, 4) is 0 Å². The summed E-state index contributed by atoms with van der Waals surface area (Å²) >= 11 is 0. The Labute approximate surface area is 127 Å². The van der Waals surface area contributed by atoms with Gasteiger partial charge in [0.1, 0.15) is 16.4 Å². The zero-order chi connectivity index (χ0) is 15.6. The lowest BCUT2D eigenvalue weighted by Crippen LogP contribution is -2.28. The Balaban J connectivity index is 1.80. The van der Waals surface area contributed by atoms with E-state index in [1.54, 1.807) is 43.8 Å². The van der Waals surface area contributed by atoms with E-state index in [0.717, 1.165) is 0 Å². The summed E-state index contributed by atoms with van der Waals surface area (Å²) in [7, 11) is -1.97. The lowest BCUT2D eigenvalue weighted by molar-refractivity contribution is 0.424. The maximum atomic E-state index is 12.3. The van der Waals surface area contributed by atoms with Crippen molar-refractivity contribution in [1.82, 2.24) is 14.5 Å². The first-order valence-electron chi connectivity index (χ1n) is 6.61. The third-order valence-electron chi connectivity index (χ3n) is 3.24. The Hall–Kier alpha value is -2.32. The van der Waals surface area contributed by atoms with E-state index in [9.17, 15) is 8.42 Å². The molecule has 0 spiro atoms. The smallest absolute Gasteiger partial charge is 0.243 e. The number of nitrogens with one attached hydrogen (secondary N) is 1. The normalized spacial score (nSPS) is 12.1. The van der Waals surface area contributed by atoms with Gasteiger partial charge in [0, 0.05) is 19.8 Å². The SMILES string of the molecule is Cn1cc(S(=O)(=O)NCC(c2ccco2)c2ccco2)cn1. The number of hydrogen-bond donors (Lipinski definition) is 1. The van der Waals surface area contributed by atoms with Crippen LogP contribution in [0.1, 0.15) is 17.4 Å². The number of sulfonamides is 1. The predicted molar refractivity (Wildman–Crippen MR) is 77.7 cm³/mol. The van der Waals surface area contributed by atoms with Gasteiger partial charge in [-0.15, -0.1) is 0 Å². The molecule has 0 amide bonds. The minimum atomic E-state index is -3.63. The lowest BCUT2D eigenvalue weighted by Gasteiger charge is -2.13.